The maximum absolute atomic E-state index is 11.7. The lowest BCUT2D eigenvalue weighted by Gasteiger charge is -2.26. The molecule has 3 heteroatoms. The second-order valence-electron chi connectivity index (χ2n) is 4.20. The summed E-state index contributed by atoms with van der Waals surface area (Å²) in [6.45, 7) is 5.85. The van der Waals surface area contributed by atoms with E-state index in [2.05, 4.69) is 13.8 Å². The number of carbonyl (C=O) groups is 1. The number of carbonyl (C=O) groups excluding carboxylic acids is 1. The first-order valence-corrected chi connectivity index (χ1v) is 5.72. The van der Waals surface area contributed by atoms with Crippen molar-refractivity contribution in [2.75, 3.05) is 13.1 Å². The van der Waals surface area contributed by atoms with Crippen LogP contribution in [0.4, 0.5) is 0 Å². The van der Waals surface area contributed by atoms with Gasteiger partial charge in [0.15, 0.2) is 0 Å². The minimum absolute atomic E-state index is 0.306. The first-order chi connectivity index (χ1) is 6.72. The quantitative estimate of drug-likeness (QED) is 0.725. The first-order valence-electron chi connectivity index (χ1n) is 5.72. The molecule has 1 saturated heterocycles. The molecule has 2 N–H and O–H groups in total. The molecule has 82 valence electrons. The van der Waals surface area contributed by atoms with Gasteiger partial charge in [-0.1, -0.05) is 20.3 Å². The Bertz CT molecular complexity index is 194. The van der Waals surface area contributed by atoms with Gasteiger partial charge in [-0.3, -0.25) is 4.79 Å². The summed E-state index contributed by atoms with van der Waals surface area (Å²) >= 11 is 0. The lowest BCUT2D eigenvalue weighted by Crippen LogP contribution is -2.36. The van der Waals surface area contributed by atoms with Crippen LogP contribution in [0.25, 0.3) is 0 Å². The molecule has 1 aliphatic rings. The van der Waals surface area contributed by atoms with Crippen LogP contribution < -0.4 is 5.73 Å². The summed E-state index contributed by atoms with van der Waals surface area (Å²) in [6, 6.07) is 0.448. The number of hydrogen-bond donors (Lipinski definition) is 1. The molecule has 1 aliphatic heterocycles. The van der Waals surface area contributed by atoms with Crippen LogP contribution in [-0.4, -0.2) is 29.9 Å². The Morgan fingerprint density at radius 2 is 2.29 bits per heavy atom. The van der Waals surface area contributed by atoms with Crippen LogP contribution in [0, 0.1) is 5.92 Å². The summed E-state index contributed by atoms with van der Waals surface area (Å²) in [7, 11) is 0. The molecule has 0 aliphatic carbocycles. The number of hydrogen-bond acceptors (Lipinski definition) is 2. The third-order valence-electron chi connectivity index (χ3n) is 3.11. The van der Waals surface area contributed by atoms with E-state index in [4.69, 9.17) is 5.73 Å². The molecule has 14 heavy (non-hydrogen) atoms. The average molecular weight is 198 g/mol. The normalized spacial score (nSPS) is 24.4. The largest absolute Gasteiger partial charge is 0.339 e. The van der Waals surface area contributed by atoms with Crippen LogP contribution in [0.15, 0.2) is 0 Å². The molecular weight excluding hydrogens is 176 g/mol. The van der Waals surface area contributed by atoms with Crippen molar-refractivity contribution in [1.29, 1.82) is 0 Å². The second-order valence-corrected chi connectivity index (χ2v) is 4.20. The molecule has 0 saturated carbocycles. The molecule has 2 atom stereocenters. The fraction of sp³-hybridized carbons (Fsp3) is 0.909. The van der Waals surface area contributed by atoms with Gasteiger partial charge >= 0.3 is 0 Å². The molecule has 1 heterocycles. The third-order valence-corrected chi connectivity index (χ3v) is 3.11. The zero-order chi connectivity index (χ0) is 10.6. The number of likely N-dealkylation sites (tertiary alicyclic amines) is 1. The van der Waals surface area contributed by atoms with Gasteiger partial charge in [-0.15, -0.1) is 0 Å². The molecular formula is C11H22N2O. The molecule has 0 aromatic rings. The monoisotopic (exact) mass is 198 g/mol. The van der Waals surface area contributed by atoms with Crippen molar-refractivity contribution in [2.24, 2.45) is 11.7 Å². The van der Waals surface area contributed by atoms with Gasteiger partial charge in [0.2, 0.25) is 5.91 Å². The smallest absolute Gasteiger partial charge is 0.223 e. The van der Waals surface area contributed by atoms with Crippen LogP contribution in [0.2, 0.25) is 0 Å². The molecule has 1 amide bonds. The van der Waals surface area contributed by atoms with E-state index in [1.54, 1.807) is 0 Å². The third kappa shape index (κ3) is 2.47. The maximum atomic E-state index is 11.7. The lowest BCUT2D eigenvalue weighted by molar-refractivity contribution is -0.129. The van der Waals surface area contributed by atoms with Gasteiger partial charge in [0.1, 0.15) is 0 Å². The van der Waals surface area contributed by atoms with E-state index in [0.29, 0.717) is 30.8 Å². The van der Waals surface area contributed by atoms with Gasteiger partial charge in [0.05, 0.1) is 0 Å². The van der Waals surface area contributed by atoms with Crippen LogP contribution in [0.3, 0.4) is 0 Å². The molecule has 1 fully saturated rings. The molecule has 3 nitrogen and oxygen atoms in total. The number of amides is 1. The molecule has 0 aromatic carbocycles. The Kier molecular flexibility index (Phi) is 4.39. The Morgan fingerprint density at radius 3 is 2.71 bits per heavy atom. The van der Waals surface area contributed by atoms with Crippen molar-refractivity contribution < 1.29 is 4.79 Å². The maximum Gasteiger partial charge on any atom is 0.223 e. The predicted molar refractivity (Wildman–Crippen MR) is 57.9 cm³/mol. The van der Waals surface area contributed by atoms with Crippen LogP contribution >= 0.6 is 0 Å². The van der Waals surface area contributed by atoms with Crippen molar-refractivity contribution in [3.8, 4) is 0 Å². The molecule has 1 rings (SSSR count). The van der Waals surface area contributed by atoms with E-state index in [1.165, 1.54) is 0 Å². The van der Waals surface area contributed by atoms with Crippen molar-refractivity contribution in [3.63, 3.8) is 0 Å². The summed E-state index contributed by atoms with van der Waals surface area (Å²) in [5.74, 6) is 0.703. The van der Waals surface area contributed by atoms with E-state index < -0.39 is 0 Å². The van der Waals surface area contributed by atoms with Gasteiger partial charge in [-0.25, -0.2) is 0 Å². The second kappa shape index (κ2) is 5.35. The number of nitrogens with zero attached hydrogens (tertiary/aromatic N) is 1. The fourth-order valence-electron chi connectivity index (χ4n) is 2.23. The summed E-state index contributed by atoms with van der Waals surface area (Å²) in [5, 5.41) is 0. The van der Waals surface area contributed by atoms with Crippen LogP contribution in [0.1, 0.15) is 39.5 Å². The highest BCUT2D eigenvalue weighted by Crippen LogP contribution is 2.22. The van der Waals surface area contributed by atoms with Crippen LogP contribution in [-0.2, 0) is 4.79 Å². The van der Waals surface area contributed by atoms with E-state index >= 15 is 0 Å². The summed E-state index contributed by atoms with van der Waals surface area (Å²) < 4.78 is 0. The topological polar surface area (TPSA) is 46.3 Å². The van der Waals surface area contributed by atoms with Gasteiger partial charge in [-0.05, 0) is 25.3 Å². The van der Waals surface area contributed by atoms with E-state index in [9.17, 15) is 4.79 Å². The summed E-state index contributed by atoms with van der Waals surface area (Å²) in [5.41, 5.74) is 5.59. The first kappa shape index (κ1) is 11.5. The number of nitrogens with two attached hydrogens (primary N) is 1. The highest BCUT2D eigenvalue weighted by Gasteiger charge is 2.32. The van der Waals surface area contributed by atoms with Gasteiger partial charge < -0.3 is 10.6 Å². The molecule has 0 radical (unpaired) electrons. The Labute approximate surface area is 86.6 Å². The minimum Gasteiger partial charge on any atom is -0.339 e. The van der Waals surface area contributed by atoms with Crippen molar-refractivity contribution in [3.05, 3.63) is 0 Å². The van der Waals surface area contributed by atoms with Crippen LogP contribution in [0.5, 0.6) is 0 Å². The van der Waals surface area contributed by atoms with E-state index in [1.807, 2.05) is 4.90 Å². The predicted octanol–water partition coefficient (Wildman–Crippen LogP) is 1.37. The van der Waals surface area contributed by atoms with Crippen molar-refractivity contribution >= 4 is 5.91 Å². The zero-order valence-corrected chi connectivity index (χ0v) is 9.33. The highest BCUT2D eigenvalue weighted by atomic mass is 16.2. The molecule has 0 bridgehead atoms. The number of rotatable bonds is 5. The van der Waals surface area contributed by atoms with E-state index in [-0.39, 0.29) is 0 Å². The van der Waals surface area contributed by atoms with Gasteiger partial charge in [0.25, 0.3) is 0 Å². The van der Waals surface area contributed by atoms with Gasteiger partial charge in [-0.2, -0.15) is 0 Å². The zero-order valence-electron chi connectivity index (χ0n) is 9.33. The summed E-state index contributed by atoms with van der Waals surface area (Å²) in [6.07, 6.45) is 4.00. The molecule has 2 unspecified atom stereocenters. The Morgan fingerprint density at radius 1 is 1.57 bits per heavy atom. The summed E-state index contributed by atoms with van der Waals surface area (Å²) in [4.78, 5) is 13.7. The van der Waals surface area contributed by atoms with Gasteiger partial charge in [0, 0.05) is 19.0 Å². The Hall–Kier alpha value is -0.570. The average Bonchev–Trinajstić information content (AvgIpc) is 2.56. The minimum atomic E-state index is 0.306. The molecule has 0 aromatic heterocycles. The SMILES string of the molecule is CCCC(CC)N1CC(CN)CC1=O. The van der Waals surface area contributed by atoms with Crippen molar-refractivity contribution in [2.45, 2.75) is 45.6 Å². The highest BCUT2D eigenvalue weighted by molar-refractivity contribution is 5.79. The Balaban J connectivity index is 2.53. The lowest BCUT2D eigenvalue weighted by atomic mass is 10.1. The standard InChI is InChI=1S/C11H22N2O/c1-3-5-10(4-2)13-8-9(7-12)6-11(13)14/h9-10H,3-8,12H2,1-2H3. The van der Waals surface area contributed by atoms with Crippen molar-refractivity contribution in [1.82, 2.24) is 4.90 Å². The molecule has 0 spiro atoms. The van der Waals surface area contributed by atoms with E-state index in [0.717, 1.165) is 25.8 Å². The fourth-order valence-corrected chi connectivity index (χ4v) is 2.23.